The fourth-order valence-corrected chi connectivity index (χ4v) is 2.57. The van der Waals surface area contributed by atoms with Crippen LogP contribution < -0.4 is 5.73 Å². The molecule has 2 aromatic heterocycles. The van der Waals surface area contributed by atoms with Crippen molar-refractivity contribution in [3.8, 4) is 0 Å². The topological polar surface area (TPSA) is 63.6 Å². The SMILES string of the molecule is Cc1ccn2nc(C(=O)N3CCC[C@H](N)C3)cc2c1. The standard InChI is InChI=1S/C14H18N4O/c1-10-4-6-18-12(7-10)8-13(16-18)14(19)17-5-2-3-11(15)9-17/h4,6-8,11H,2-3,5,9,15H2,1H3/t11-/m0/s1. The van der Waals surface area contributed by atoms with E-state index in [0.29, 0.717) is 12.2 Å². The molecule has 1 fully saturated rings. The number of hydrogen-bond acceptors (Lipinski definition) is 3. The molecule has 0 unspecified atom stereocenters. The molecule has 19 heavy (non-hydrogen) atoms. The lowest BCUT2D eigenvalue weighted by molar-refractivity contribution is 0.0702. The third kappa shape index (κ3) is 2.33. The lowest BCUT2D eigenvalue weighted by Crippen LogP contribution is -2.45. The number of piperidine rings is 1. The van der Waals surface area contributed by atoms with Gasteiger partial charge < -0.3 is 10.6 Å². The lowest BCUT2D eigenvalue weighted by Gasteiger charge is -2.30. The van der Waals surface area contributed by atoms with Gasteiger partial charge >= 0.3 is 0 Å². The van der Waals surface area contributed by atoms with Gasteiger partial charge in [0.15, 0.2) is 5.69 Å². The van der Waals surface area contributed by atoms with Gasteiger partial charge in [-0.1, -0.05) is 0 Å². The van der Waals surface area contributed by atoms with Crippen molar-refractivity contribution in [2.45, 2.75) is 25.8 Å². The Kier molecular flexibility index (Phi) is 2.98. The third-order valence-electron chi connectivity index (χ3n) is 3.58. The summed E-state index contributed by atoms with van der Waals surface area (Å²) in [5.41, 5.74) is 8.52. The highest BCUT2D eigenvalue weighted by Gasteiger charge is 2.24. The van der Waals surface area contributed by atoms with Crippen LogP contribution in [0.1, 0.15) is 28.9 Å². The van der Waals surface area contributed by atoms with E-state index in [9.17, 15) is 4.79 Å². The summed E-state index contributed by atoms with van der Waals surface area (Å²) in [7, 11) is 0. The Morgan fingerprint density at radius 3 is 3.11 bits per heavy atom. The number of nitrogens with zero attached hydrogens (tertiary/aromatic N) is 3. The summed E-state index contributed by atoms with van der Waals surface area (Å²) in [6.45, 7) is 3.43. The Labute approximate surface area is 112 Å². The predicted molar refractivity (Wildman–Crippen MR) is 73.0 cm³/mol. The van der Waals surface area contributed by atoms with Crippen molar-refractivity contribution in [1.82, 2.24) is 14.5 Å². The van der Waals surface area contributed by atoms with E-state index in [-0.39, 0.29) is 11.9 Å². The lowest BCUT2D eigenvalue weighted by atomic mass is 10.1. The second-order valence-corrected chi connectivity index (χ2v) is 5.26. The number of aromatic nitrogens is 2. The summed E-state index contributed by atoms with van der Waals surface area (Å²) in [4.78, 5) is 14.2. The molecule has 0 bridgehead atoms. The molecule has 100 valence electrons. The van der Waals surface area contributed by atoms with Gasteiger partial charge in [0.05, 0.1) is 5.52 Å². The number of carbonyl (C=O) groups is 1. The third-order valence-corrected chi connectivity index (χ3v) is 3.58. The zero-order chi connectivity index (χ0) is 13.4. The summed E-state index contributed by atoms with van der Waals surface area (Å²) in [6.07, 6.45) is 3.84. The summed E-state index contributed by atoms with van der Waals surface area (Å²) in [6, 6.07) is 5.93. The van der Waals surface area contributed by atoms with E-state index < -0.39 is 0 Å². The van der Waals surface area contributed by atoms with E-state index in [1.54, 1.807) is 4.52 Å². The van der Waals surface area contributed by atoms with Gasteiger partial charge in [0.2, 0.25) is 0 Å². The molecule has 0 saturated carbocycles. The van der Waals surface area contributed by atoms with Crippen molar-refractivity contribution in [1.29, 1.82) is 0 Å². The second-order valence-electron chi connectivity index (χ2n) is 5.26. The minimum absolute atomic E-state index is 0.0171. The van der Waals surface area contributed by atoms with Crippen LogP contribution in [0.5, 0.6) is 0 Å². The van der Waals surface area contributed by atoms with E-state index in [2.05, 4.69) is 5.10 Å². The fraction of sp³-hybridized carbons (Fsp3) is 0.429. The van der Waals surface area contributed by atoms with E-state index in [4.69, 9.17) is 5.73 Å². The summed E-state index contributed by atoms with van der Waals surface area (Å²) in [5, 5.41) is 4.34. The number of rotatable bonds is 1. The number of carbonyl (C=O) groups excluding carboxylic acids is 1. The first-order valence-electron chi connectivity index (χ1n) is 6.64. The maximum atomic E-state index is 12.4. The average Bonchev–Trinajstić information content (AvgIpc) is 2.80. The average molecular weight is 258 g/mol. The van der Waals surface area contributed by atoms with Crippen molar-refractivity contribution in [3.05, 3.63) is 35.7 Å². The Hall–Kier alpha value is -1.88. The van der Waals surface area contributed by atoms with Gasteiger partial charge in [0, 0.05) is 25.3 Å². The molecule has 5 nitrogen and oxygen atoms in total. The van der Waals surface area contributed by atoms with Crippen LogP contribution in [0.3, 0.4) is 0 Å². The molecule has 0 radical (unpaired) electrons. The molecule has 5 heteroatoms. The zero-order valence-corrected chi connectivity index (χ0v) is 11.0. The molecule has 1 aliphatic heterocycles. The number of fused-ring (bicyclic) bond motifs is 1. The minimum atomic E-state index is -0.0171. The molecule has 1 aliphatic rings. The molecule has 2 N–H and O–H groups in total. The molecule has 3 heterocycles. The number of amides is 1. The molecule has 0 spiro atoms. The Morgan fingerprint density at radius 1 is 1.47 bits per heavy atom. The Balaban J connectivity index is 1.88. The smallest absolute Gasteiger partial charge is 0.274 e. The quantitative estimate of drug-likeness (QED) is 0.836. The van der Waals surface area contributed by atoms with Gasteiger partial charge in [-0.3, -0.25) is 4.79 Å². The van der Waals surface area contributed by atoms with Gasteiger partial charge in [0.25, 0.3) is 5.91 Å². The van der Waals surface area contributed by atoms with Crippen molar-refractivity contribution >= 4 is 11.4 Å². The molecule has 3 rings (SSSR count). The first kappa shape index (κ1) is 12.2. The molecule has 1 atom stereocenters. The van der Waals surface area contributed by atoms with Crippen LogP contribution >= 0.6 is 0 Å². The van der Waals surface area contributed by atoms with Crippen molar-refractivity contribution < 1.29 is 4.79 Å². The normalized spacial score (nSPS) is 19.9. The van der Waals surface area contributed by atoms with Gasteiger partial charge in [-0.25, -0.2) is 4.52 Å². The summed E-state index contributed by atoms with van der Waals surface area (Å²) in [5.74, 6) is -0.0171. The number of pyridine rings is 1. The molecule has 2 aromatic rings. The monoisotopic (exact) mass is 258 g/mol. The molecule has 0 aromatic carbocycles. The highest BCUT2D eigenvalue weighted by molar-refractivity contribution is 5.93. The van der Waals surface area contributed by atoms with Crippen LogP contribution in [0.2, 0.25) is 0 Å². The number of hydrogen-bond donors (Lipinski definition) is 1. The van der Waals surface area contributed by atoms with Gasteiger partial charge in [0.1, 0.15) is 0 Å². The highest BCUT2D eigenvalue weighted by atomic mass is 16.2. The zero-order valence-electron chi connectivity index (χ0n) is 11.0. The number of nitrogens with two attached hydrogens (primary N) is 1. The van der Waals surface area contributed by atoms with Crippen molar-refractivity contribution in [2.24, 2.45) is 5.73 Å². The fourth-order valence-electron chi connectivity index (χ4n) is 2.57. The van der Waals surface area contributed by atoms with Crippen LogP contribution in [0.15, 0.2) is 24.4 Å². The summed E-state index contributed by atoms with van der Waals surface area (Å²) >= 11 is 0. The minimum Gasteiger partial charge on any atom is -0.336 e. The van der Waals surface area contributed by atoms with Crippen molar-refractivity contribution in [2.75, 3.05) is 13.1 Å². The molecule has 1 saturated heterocycles. The van der Waals surface area contributed by atoms with E-state index >= 15 is 0 Å². The second kappa shape index (κ2) is 4.66. The van der Waals surface area contributed by atoms with E-state index in [0.717, 1.165) is 30.5 Å². The highest BCUT2D eigenvalue weighted by Crippen LogP contribution is 2.14. The largest absolute Gasteiger partial charge is 0.336 e. The van der Waals surface area contributed by atoms with Crippen LogP contribution in [0, 0.1) is 6.92 Å². The maximum absolute atomic E-state index is 12.4. The molecule has 0 aliphatic carbocycles. The van der Waals surface area contributed by atoms with Crippen LogP contribution in [0.4, 0.5) is 0 Å². The first-order valence-corrected chi connectivity index (χ1v) is 6.64. The Morgan fingerprint density at radius 2 is 2.32 bits per heavy atom. The summed E-state index contributed by atoms with van der Waals surface area (Å²) < 4.78 is 1.74. The predicted octanol–water partition coefficient (Wildman–Crippen LogP) is 1.21. The van der Waals surface area contributed by atoms with Crippen LogP contribution in [-0.2, 0) is 0 Å². The van der Waals surface area contributed by atoms with Crippen LogP contribution in [0.25, 0.3) is 5.52 Å². The molecular formula is C14H18N4O. The van der Waals surface area contributed by atoms with E-state index in [1.165, 1.54) is 0 Å². The molecule has 1 amide bonds. The van der Waals surface area contributed by atoms with Gasteiger partial charge in [-0.2, -0.15) is 5.10 Å². The van der Waals surface area contributed by atoms with E-state index in [1.807, 2.05) is 36.2 Å². The number of likely N-dealkylation sites (tertiary alicyclic amines) is 1. The van der Waals surface area contributed by atoms with Gasteiger partial charge in [-0.15, -0.1) is 0 Å². The number of aryl methyl sites for hydroxylation is 1. The molecular weight excluding hydrogens is 240 g/mol. The van der Waals surface area contributed by atoms with Crippen LogP contribution in [-0.4, -0.2) is 39.6 Å². The maximum Gasteiger partial charge on any atom is 0.274 e. The van der Waals surface area contributed by atoms with Gasteiger partial charge in [-0.05, 0) is 43.5 Å². The Bertz CT molecular complexity index is 619. The van der Waals surface area contributed by atoms with Crippen molar-refractivity contribution in [3.63, 3.8) is 0 Å². The first-order chi connectivity index (χ1) is 9.13.